The van der Waals surface area contributed by atoms with Crippen LogP contribution in [0.1, 0.15) is 47.2 Å². The molecule has 0 spiro atoms. The maximum Gasteiger partial charge on any atom is 0.416 e. The van der Waals surface area contributed by atoms with Crippen molar-refractivity contribution in [3.8, 4) is 0 Å². The van der Waals surface area contributed by atoms with E-state index in [0.717, 1.165) is 31.7 Å². The number of aromatic nitrogens is 1. The second-order valence-electron chi connectivity index (χ2n) is 7.49. The Morgan fingerprint density at radius 1 is 1.10 bits per heavy atom. The minimum absolute atomic E-state index is 0.178. The highest BCUT2D eigenvalue weighted by Crippen LogP contribution is 2.30. The van der Waals surface area contributed by atoms with Crippen LogP contribution >= 0.6 is 0 Å². The van der Waals surface area contributed by atoms with Crippen LogP contribution in [0.5, 0.6) is 0 Å². The first-order valence-corrected chi connectivity index (χ1v) is 9.71. The maximum atomic E-state index is 13.6. The summed E-state index contributed by atoms with van der Waals surface area (Å²) in [7, 11) is 0. The average Bonchev–Trinajstić information content (AvgIpc) is 2.71. The third-order valence-corrected chi connectivity index (χ3v) is 5.30. The number of carbonyl (C=O) groups is 1. The Hall–Kier alpha value is -2.55. The molecular formula is C21H22F5N3O. The van der Waals surface area contributed by atoms with Gasteiger partial charge in [-0.25, -0.2) is 9.37 Å². The van der Waals surface area contributed by atoms with Gasteiger partial charge >= 0.3 is 6.18 Å². The fourth-order valence-corrected chi connectivity index (χ4v) is 3.60. The standard InChI is InChI=1S/C21H22F5N3O/c22-17-9-15(8-16(10-17)21(24,25)26)20(30)29-11-13-3-5-18(6-4-13)28-12-14-2-1-7-27-19(14)23/h1-2,7-10,13,18,28H,3-6,11-12H2,(H,29,30)/t13-,18+. The van der Waals surface area contributed by atoms with Crippen LogP contribution in [-0.4, -0.2) is 23.5 Å². The minimum Gasteiger partial charge on any atom is -0.352 e. The Morgan fingerprint density at radius 3 is 2.50 bits per heavy atom. The lowest BCUT2D eigenvalue weighted by atomic mass is 9.86. The summed E-state index contributed by atoms with van der Waals surface area (Å²) in [6.07, 6.45) is -0.0383. The van der Waals surface area contributed by atoms with Crippen LogP contribution < -0.4 is 10.6 Å². The van der Waals surface area contributed by atoms with Crippen LogP contribution in [0, 0.1) is 17.7 Å². The molecular weight excluding hydrogens is 405 g/mol. The maximum absolute atomic E-state index is 13.6. The van der Waals surface area contributed by atoms with Crippen molar-refractivity contribution in [1.82, 2.24) is 15.6 Å². The highest BCUT2D eigenvalue weighted by Gasteiger charge is 2.32. The third-order valence-electron chi connectivity index (χ3n) is 5.30. The van der Waals surface area contributed by atoms with Gasteiger partial charge in [0, 0.05) is 36.5 Å². The summed E-state index contributed by atoms with van der Waals surface area (Å²) in [4.78, 5) is 15.8. The first kappa shape index (κ1) is 22.1. The molecule has 1 aliphatic rings. The van der Waals surface area contributed by atoms with Gasteiger partial charge in [0.15, 0.2) is 0 Å². The van der Waals surface area contributed by atoms with E-state index in [4.69, 9.17) is 0 Å². The monoisotopic (exact) mass is 427 g/mol. The zero-order valence-electron chi connectivity index (χ0n) is 16.1. The number of amides is 1. The van der Waals surface area contributed by atoms with E-state index in [-0.39, 0.29) is 17.5 Å². The third kappa shape index (κ3) is 5.98. The summed E-state index contributed by atoms with van der Waals surface area (Å²) in [6.45, 7) is 0.688. The number of hydrogen-bond donors (Lipinski definition) is 2. The van der Waals surface area contributed by atoms with Crippen LogP contribution in [0.2, 0.25) is 0 Å². The van der Waals surface area contributed by atoms with Crippen molar-refractivity contribution in [3.63, 3.8) is 0 Å². The van der Waals surface area contributed by atoms with Gasteiger partial charge in [-0.2, -0.15) is 17.6 Å². The molecule has 0 unspecified atom stereocenters. The molecule has 0 atom stereocenters. The number of alkyl halides is 3. The van der Waals surface area contributed by atoms with E-state index >= 15 is 0 Å². The number of halogens is 5. The van der Waals surface area contributed by atoms with Crippen LogP contribution in [0.4, 0.5) is 22.0 Å². The molecule has 9 heteroatoms. The normalized spacial score (nSPS) is 19.5. The summed E-state index contributed by atoms with van der Waals surface area (Å²) >= 11 is 0. The topological polar surface area (TPSA) is 54.0 Å². The van der Waals surface area contributed by atoms with E-state index in [1.165, 1.54) is 6.20 Å². The number of rotatable bonds is 6. The molecule has 162 valence electrons. The zero-order valence-corrected chi connectivity index (χ0v) is 16.1. The highest BCUT2D eigenvalue weighted by molar-refractivity contribution is 5.94. The number of benzene rings is 1. The molecule has 1 heterocycles. The molecule has 1 aromatic carbocycles. The van der Waals surface area contributed by atoms with E-state index in [0.29, 0.717) is 30.8 Å². The van der Waals surface area contributed by atoms with E-state index in [9.17, 15) is 26.7 Å². The van der Waals surface area contributed by atoms with Gasteiger partial charge < -0.3 is 10.6 Å². The molecule has 0 radical (unpaired) electrons. The van der Waals surface area contributed by atoms with Crippen molar-refractivity contribution >= 4 is 5.91 Å². The van der Waals surface area contributed by atoms with E-state index < -0.39 is 29.4 Å². The second-order valence-corrected chi connectivity index (χ2v) is 7.49. The van der Waals surface area contributed by atoms with Gasteiger partial charge in [0.25, 0.3) is 5.91 Å². The quantitative estimate of drug-likeness (QED) is 0.529. The Labute approximate surface area is 170 Å². The SMILES string of the molecule is O=C(NC[C@H]1CC[C@@H](NCc2cccnc2F)CC1)c1cc(F)cc(C(F)(F)F)c1. The Kier molecular flexibility index (Phi) is 7.02. The van der Waals surface area contributed by atoms with E-state index in [1.54, 1.807) is 12.1 Å². The molecule has 1 amide bonds. The fraction of sp³-hybridized carbons (Fsp3) is 0.429. The van der Waals surface area contributed by atoms with Crippen molar-refractivity contribution in [2.45, 2.75) is 44.4 Å². The van der Waals surface area contributed by atoms with Gasteiger partial charge in [-0.05, 0) is 55.9 Å². The van der Waals surface area contributed by atoms with Gasteiger partial charge in [-0.3, -0.25) is 4.79 Å². The summed E-state index contributed by atoms with van der Waals surface area (Å²) in [5, 5.41) is 5.90. The molecule has 4 nitrogen and oxygen atoms in total. The van der Waals surface area contributed by atoms with Crippen LogP contribution in [-0.2, 0) is 12.7 Å². The van der Waals surface area contributed by atoms with Crippen molar-refractivity contribution in [2.24, 2.45) is 5.92 Å². The summed E-state index contributed by atoms with van der Waals surface area (Å²) < 4.78 is 65.4. The second kappa shape index (κ2) is 9.51. The average molecular weight is 427 g/mol. The van der Waals surface area contributed by atoms with Crippen molar-refractivity contribution in [3.05, 3.63) is 65.0 Å². The minimum atomic E-state index is -4.72. The molecule has 0 bridgehead atoms. The molecule has 3 rings (SSSR count). The number of carbonyl (C=O) groups excluding carboxylic acids is 1. The molecule has 2 N–H and O–H groups in total. The zero-order chi connectivity index (χ0) is 21.7. The van der Waals surface area contributed by atoms with Crippen molar-refractivity contribution < 1.29 is 26.7 Å². The molecule has 2 aromatic rings. The molecule has 0 aliphatic heterocycles. The van der Waals surface area contributed by atoms with Crippen LogP contribution in [0.25, 0.3) is 0 Å². The predicted molar refractivity (Wildman–Crippen MR) is 101 cm³/mol. The van der Waals surface area contributed by atoms with Crippen LogP contribution in [0.15, 0.2) is 36.5 Å². The fourth-order valence-electron chi connectivity index (χ4n) is 3.60. The first-order valence-electron chi connectivity index (χ1n) is 9.71. The molecule has 1 aliphatic carbocycles. The predicted octanol–water partition coefficient (Wildman–Crippen LogP) is 4.46. The largest absolute Gasteiger partial charge is 0.416 e. The summed E-state index contributed by atoms with van der Waals surface area (Å²) in [5.41, 5.74) is -1.04. The van der Waals surface area contributed by atoms with Gasteiger partial charge in [0.1, 0.15) is 5.82 Å². The highest BCUT2D eigenvalue weighted by atomic mass is 19.4. The molecule has 1 fully saturated rings. The molecule has 0 saturated heterocycles. The summed E-state index contributed by atoms with van der Waals surface area (Å²) in [6, 6.07) is 5.37. The number of pyridine rings is 1. The first-order chi connectivity index (χ1) is 14.2. The number of hydrogen-bond acceptors (Lipinski definition) is 3. The smallest absolute Gasteiger partial charge is 0.352 e. The molecule has 1 aromatic heterocycles. The number of nitrogens with zero attached hydrogens (tertiary/aromatic N) is 1. The summed E-state index contributed by atoms with van der Waals surface area (Å²) in [5.74, 6) is -2.15. The molecule has 30 heavy (non-hydrogen) atoms. The van der Waals surface area contributed by atoms with Gasteiger partial charge in [-0.15, -0.1) is 0 Å². The van der Waals surface area contributed by atoms with Crippen molar-refractivity contribution in [1.29, 1.82) is 0 Å². The Bertz CT molecular complexity index is 879. The Morgan fingerprint density at radius 2 is 1.83 bits per heavy atom. The van der Waals surface area contributed by atoms with E-state index in [1.807, 2.05) is 0 Å². The van der Waals surface area contributed by atoms with Gasteiger partial charge in [-0.1, -0.05) is 6.07 Å². The van der Waals surface area contributed by atoms with Gasteiger partial charge in [0.05, 0.1) is 5.56 Å². The Balaban J connectivity index is 1.45. The number of nitrogens with one attached hydrogen (secondary N) is 2. The van der Waals surface area contributed by atoms with Gasteiger partial charge in [0.2, 0.25) is 5.95 Å². The lowest BCUT2D eigenvalue weighted by Crippen LogP contribution is -2.37. The lowest BCUT2D eigenvalue weighted by Gasteiger charge is -2.29. The lowest BCUT2D eigenvalue weighted by molar-refractivity contribution is -0.137. The van der Waals surface area contributed by atoms with Crippen molar-refractivity contribution in [2.75, 3.05) is 6.54 Å². The molecule has 1 saturated carbocycles. The van der Waals surface area contributed by atoms with E-state index in [2.05, 4.69) is 15.6 Å². The van der Waals surface area contributed by atoms with Crippen LogP contribution in [0.3, 0.4) is 0 Å².